The highest BCUT2D eigenvalue weighted by Crippen LogP contribution is 2.57. The lowest BCUT2D eigenvalue weighted by atomic mass is 9.56. The molecule has 2 spiro atoms. The Hall–Kier alpha value is -3.55. The smallest absolute Gasteiger partial charge is 0.401 e. The number of rotatable bonds is 7. The number of carbonyl (C=O) groups is 1. The Morgan fingerprint density at radius 2 is 1.84 bits per heavy atom. The number of fused-ring (bicyclic) bond motifs is 1. The van der Waals surface area contributed by atoms with E-state index in [4.69, 9.17) is 4.74 Å². The largest absolute Gasteiger partial charge is 0.496 e. The van der Waals surface area contributed by atoms with Crippen LogP contribution in [-0.2, 0) is 6.54 Å². The van der Waals surface area contributed by atoms with Crippen LogP contribution in [0.15, 0.2) is 42.6 Å². The summed E-state index contributed by atoms with van der Waals surface area (Å²) < 4.78 is 43.8. The molecule has 3 aromatic rings. The van der Waals surface area contributed by atoms with Crippen molar-refractivity contribution in [3.8, 4) is 11.8 Å². The number of carbonyl (C=O) groups excluding carboxylic acids is 1. The van der Waals surface area contributed by atoms with E-state index in [0.717, 1.165) is 79.6 Å². The molecule has 3 heterocycles. The second-order valence-corrected chi connectivity index (χ2v) is 14.3. The van der Waals surface area contributed by atoms with E-state index < -0.39 is 12.7 Å². The van der Waals surface area contributed by atoms with E-state index in [1.165, 1.54) is 10.3 Å². The fraction of sp³-hybridized carbons (Fsp3) is 0.543. The number of amides is 1. The Morgan fingerprint density at radius 1 is 1.11 bits per heavy atom. The van der Waals surface area contributed by atoms with Crippen LogP contribution in [0.4, 0.5) is 13.2 Å². The summed E-state index contributed by atoms with van der Waals surface area (Å²) >= 11 is 0. The fourth-order valence-electron chi connectivity index (χ4n) is 8.87. The van der Waals surface area contributed by atoms with Crippen molar-refractivity contribution < 1.29 is 22.7 Å². The van der Waals surface area contributed by atoms with Crippen LogP contribution >= 0.6 is 0 Å². The van der Waals surface area contributed by atoms with Crippen LogP contribution in [0.1, 0.15) is 71.6 Å². The number of nitrogens with zero attached hydrogens (tertiary/aromatic N) is 3. The van der Waals surface area contributed by atoms with Gasteiger partial charge >= 0.3 is 6.18 Å². The van der Waals surface area contributed by atoms with Gasteiger partial charge in [-0.25, -0.2) is 0 Å². The van der Waals surface area contributed by atoms with Crippen LogP contribution in [0.25, 0.3) is 10.9 Å². The third-order valence-electron chi connectivity index (χ3n) is 11.0. The molecule has 4 aliphatic rings. The van der Waals surface area contributed by atoms with E-state index in [9.17, 15) is 23.2 Å². The molecule has 2 saturated heterocycles. The molecule has 0 radical (unpaired) electrons. The zero-order valence-corrected chi connectivity index (χ0v) is 25.8. The number of piperidine rings is 1. The first-order chi connectivity index (χ1) is 21.5. The Labute approximate surface area is 261 Å². The summed E-state index contributed by atoms with van der Waals surface area (Å²) in [5, 5.41) is 13.8. The van der Waals surface area contributed by atoms with Gasteiger partial charge < -0.3 is 15.0 Å². The van der Waals surface area contributed by atoms with Gasteiger partial charge in [-0.2, -0.15) is 18.4 Å². The minimum Gasteiger partial charge on any atom is -0.496 e. The zero-order chi connectivity index (χ0) is 31.6. The highest BCUT2D eigenvalue weighted by Gasteiger charge is 2.54. The third-order valence-corrected chi connectivity index (χ3v) is 11.0. The van der Waals surface area contributed by atoms with Crippen molar-refractivity contribution in [3.05, 3.63) is 64.8 Å². The van der Waals surface area contributed by atoms with E-state index >= 15 is 0 Å². The quantitative estimate of drug-likeness (QED) is 0.316. The van der Waals surface area contributed by atoms with Crippen molar-refractivity contribution in [2.75, 3.05) is 33.3 Å². The van der Waals surface area contributed by atoms with E-state index in [0.29, 0.717) is 18.7 Å². The Morgan fingerprint density at radius 3 is 2.51 bits per heavy atom. The number of nitrogens with one attached hydrogen (secondary N) is 2. The number of nitriles is 1. The van der Waals surface area contributed by atoms with Crippen LogP contribution in [0.5, 0.6) is 5.75 Å². The number of hydrogen-bond acceptors (Lipinski definition) is 5. The Bertz CT molecular complexity index is 1620. The lowest BCUT2D eigenvalue weighted by molar-refractivity contribution is -0.181. The average molecular weight is 620 g/mol. The Balaban J connectivity index is 1.05. The van der Waals surface area contributed by atoms with Crippen LogP contribution in [0.3, 0.4) is 0 Å². The molecule has 7 nitrogen and oxygen atoms in total. The maximum Gasteiger partial charge on any atom is 0.401 e. The molecule has 4 fully saturated rings. The zero-order valence-electron chi connectivity index (χ0n) is 25.8. The van der Waals surface area contributed by atoms with Gasteiger partial charge in [0.2, 0.25) is 0 Å². The van der Waals surface area contributed by atoms with Crippen molar-refractivity contribution in [1.29, 1.82) is 5.26 Å². The first-order valence-electron chi connectivity index (χ1n) is 15.9. The van der Waals surface area contributed by atoms with Gasteiger partial charge in [0.05, 0.1) is 19.7 Å². The van der Waals surface area contributed by atoms with E-state index in [1.807, 2.05) is 18.3 Å². The third kappa shape index (κ3) is 5.70. The molecule has 10 heteroatoms. The molecular formula is C35H40F3N5O2. The van der Waals surface area contributed by atoms with Crippen LogP contribution < -0.4 is 10.1 Å². The second kappa shape index (κ2) is 11.1. The molecule has 45 heavy (non-hydrogen) atoms. The summed E-state index contributed by atoms with van der Waals surface area (Å²) in [5.74, 6) is 0.879. The highest BCUT2D eigenvalue weighted by atomic mass is 19.4. The number of aryl methyl sites for hydroxylation is 1. The number of benzene rings is 2. The summed E-state index contributed by atoms with van der Waals surface area (Å²) in [6.07, 6.45) is 3.18. The number of likely N-dealkylation sites (tertiary alicyclic amines) is 2. The minimum absolute atomic E-state index is 0.000335. The predicted molar refractivity (Wildman–Crippen MR) is 165 cm³/mol. The molecule has 7 rings (SSSR count). The van der Waals surface area contributed by atoms with Gasteiger partial charge in [0.25, 0.3) is 5.91 Å². The van der Waals surface area contributed by atoms with Crippen molar-refractivity contribution in [2.24, 2.45) is 16.7 Å². The van der Waals surface area contributed by atoms with Crippen molar-refractivity contribution in [1.82, 2.24) is 20.1 Å². The Kier molecular flexibility index (Phi) is 7.40. The highest BCUT2D eigenvalue weighted by molar-refractivity contribution is 5.94. The second-order valence-electron chi connectivity index (χ2n) is 14.3. The maximum atomic E-state index is 13.1. The molecule has 0 unspecified atom stereocenters. The van der Waals surface area contributed by atoms with Crippen LogP contribution in [0.2, 0.25) is 0 Å². The molecule has 2 saturated carbocycles. The topological polar surface area (TPSA) is 84.4 Å². The number of ether oxygens (including phenoxy) is 1. The lowest BCUT2D eigenvalue weighted by Crippen LogP contribution is -2.67. The summed E-state index contributed by atoms with van der Waals surface area (Å²) in [6, 6.07) is 14.7. The molecule has 1 amide bonds. The number of methoxy groups -OCH3 is 1. The summed E-state index contributed by atoms with van der Waals surface area (Å²) in [7, 11) is 1.72. The van der Waals surface area contributed by atoms with Gasteiger partial charge in [0.15, 0.2) is 0 Å². The van der Waals surface area contributed by atoms with E-state index in [-0.39, 0.29) is 34.7 Å². The molecule has 2 aromatic carbocycles. The van der Waals surface area contributed by atoms with Gasteiger partial charge in [-0.3, -0.25) is 14.6 Å². The van der Waals surface area contributed by atoms with Crippen molar-refractivity contribution in [3.63, 3.8) is 0 Å². The minimum atomic E-state index is -4.17. The van der Waals surface area contributed by atoms with Gasteiger partial charge in [-0.1, -0.05) is 12.1 Å². The molecule has 1 atom stereocenters. The molecular weight excluding hydrogens is 579 g/mol. The molecule has 0 bridgehead atoms. The van der Waals surface area contributed by atoms with E-state index in [1.54, 1.807) is 7.11 Å². The van der Waals surface area contributed by atoms with Gasteiger partial charge in [-0.15, -0.1) is 0 Å². The van der Waals surface area contributed by atoms with Gasteiger partial charge in [0, 0.05) is 65.9 Å². The molecule has 1 aromatic heterocycles. The average Bonchev–Trinajstić information content (AvgIpc) is 3.45. The number of alkyl halides is 3. The normalized spacial score (nSPS) is 23.3. The summed E-state index contributed by atoms with van der Waals surface area (Å²) in [4.78, 5) is 20.4. The van der Waals surface area contributed by atoms with Gasteiger partial charge in [-0.05, 0) is 98.2 Å². The molecule has 2 N–H and O–H groups in total. The monoisotopic (exact) mass is 619 g/mol. The first kappa shape index (κ1) is 30.1. The first-order valence-corrected chi connectivity index (χ1v) is 15.9. The SMILES string of the molecule is COc1cc(C)c2[nH]ccc2c1CN1CCC2(CC(C#N)C2)C[C@H]1c1ccc(C(=O)NC2CC3(C2)CN(CC(F)(F)F)C3)cc1. The predicted octanol–water partition coefficient (Wildman–Crippen LogP) is 6.50. The standard InChI is InChI=1S/C35H40F3N5O2/c1-22-11-30(45-2)28(27-7-9-40-31(22)27)18-43-10-8-33(12-23(13-33)17-39)16-29(43)24-3-5-25(6-4-24)32(44)41-26-14-34(15-26)19-42(20-34)21-35(36,37)38/h3-7,9,11,23,26,29,40H,8,10,12-16,18-21H2,1-2H3,(H,41,44)/t23?,29-,33?/m0/s1. The molecule has 2 aliphatic heterocycles. The number of halogens is 3. The number of aromatic nitrogens is 1. The lowest BCUT2D eigenvalue weighted by Gasteiger charge is -2.59. The summed E-state index contributed by atoms with van der Waals surface area (Å²) in [5.41, 5.74) is 5.27. The molecule has 238 valence electrons. The maximum absolute atomic E-state index is 13.1. The van der Waals surface area contributed by atoms with Crippen molar-refractivity contribution >= 4 is 16.8 Å². The fourth-order valence-corrected chi connectivity index (χ4v) is 8.87. The van der Waals surface area contributed by atoms with Gasteiger partial charge in [0.1, 0.15) is 5.75 Å². The summed E-state index contributed by atoms with van der Waals surface area (Å²) in [6.45, 7) is 3.77. The number of aromatic amines is 1. The van der Waals surface area contributed by atoms with Crippen molar-refractivity contribution in [2.45, 2.75) is 70.3 Å². The molecule has 2 aliphatic carbocycles. The number of hydrogen-bond donors (Lipinski definition) is 2. The number of H-pyrrole nitrogens is 1. The van der Waals surface area contributed by atoms with Crippen LogP contribution in [-0.4, -0.2) is 66.2 Å². The van der Waals surface area contributed by atoms with E-state index in [2.05, 4.69) is 52.5 Å². The van der Waals surface area contributed by atoms with Crippen LogP contribution in [0, 0.1) is 35.0 Å².